The molecule has 0 saturated heterocycles. The van der Waals surface area contributed by atoms with Crippen LogP contribution >= 0.6 is 7.82 Å². The number of para-hydroxylation sites is 1. The van der Waals surface area contributed by atoms with Crippen molar-refractivity contribution in [3.8, 4) is 0 Å². The monoisotopic (exact) mass is 533 g/mol. The van der Waals surface area contributed by atoms with Crippen molar-refractivity contribution >= 4 is 87.8 Å². The fourth-order valence-corrected chi connectivity index (χ4v) is 4.83. The molecule has 0 atom stereocenters. The van der Waals surface area contributed by atoms with E-state index in [0.717, 1.165) is 5.52 Å². The van der Waals surface area contributed by atoms with Gasteiger partial charge in [-0.1, -0.05) is 18.2 Å². The van der Waals surface area contributed by atoms with Crippen LogP contribution in [0.1, 0.15) is 11.1 Å². The molecule has 5 rings (SSSR count). The standard InChI is InChI=1S/C23H19N4O8P.Na/c1-24-10-16(14-5-3-4-6-18(14)24)20-21(23(29)26(22(20)28)12-35-36(32,33)34)17-11-25(2)19-8-7-13(27(30)31)9-15(17)19;/h3-11H,12H2,1-2H3,(H2,32,33,34);. The Morgan fingerprint density at radius 2 is 1.46 bits per heavy atom. The van der Waals surface area contributed by atoms with Crippen LogP contribution in [0.25, 0.3) is 33.0 Å². The number of nitrogens with zero attached hydrogens (tertiary/aromatic N) is 4. The van der Waals surface area contributed by atoms with E-state index in [1.165, 1.54) is 12.1 Å². The second kappa shape index (κ2) is 9.66. The van der Waals surface area contributed by atoms with Crippen LogP contribution in [0.15, 0.2) is 54.9 Å². The second-order valence-corrected chi connectivity index (χ2v) is 9.56. The molecule has 12 nitrogen and oxygen atoms in total. The molecule has 2 aromatic carbocycles. The van der Waals surface area contributed by atoms with Crippen LogP contribution in [0.5, 0.6) is 0 Å². The molecule has 3 heterocycles. The molecule has 0 spiro atoms. The fraction of sp³-hybridized carbons (Fsp3) is 0.130. The Morgan fingerprint density at radius 1 is 0.919 bits per heavy atom. The average molecular weight is 533 g/mol. The summed E-state index contributed by atoms with van der Waals surface area (Å²) in [5.74, 6) is -1.64. The SMILES string of the molecule is Cn1cc(C2=C(c3cn(C)c4ccc([N+](=O)[O-])cc34)C(=O)N(COP(=O)(O)O)C2=O)c2ccccc21.[Na]. The van der Waals surface area contributed by atoms with Gasteiger partial charge in [0.1, 0.15) is 6.73 Å². The number of phosphoric acid groups is 1. The number of aryl methyl sites for hydroxylation is 2. The molecule has 2 N–H and O–H groups in total. The molecule has 0 bridgehead atoms. The number of fused-ring (bicyclic) bond motifs is 2. The zero-order valence-electron chi connectivity index (χ0n) is 20.0. The van der Waals surface area contributed by atoms with Gasteiger partial charge < -0.3 is 18.9 Å². The summed E-state index contributed by atoms with van der Waals surface area (Å²) in [6.45, 7) is -0.968. The minimum atomic E-state index is -4.99. The van der Waals surface area contributed by atoms with Gasteiger partial charge in [-0.15, -0.1) is 0 Å². The van der Waals surface area contributed by atoms with E-state index < -0.39 is 31.3 Å². The van der Waals surface area contributed by atoms with Crippen molar-refractivity contribution in [2.24, 2.45) is 14.1 Å². The number of imide groups is 1. The van der Waals surface area contributed by atoms with Crippen LogP contribution in [0.2, 0.25) is 0 Å². The van der Waals surface area contributed by atoms with Gasteiger partial charge in [0.05, 0.1) is 16.1 Å². The molecule has 37 heavy (non-hydrogen) atoms. The summed E-state index contributed by atoms with van der Waals surface area (Å²) in [5, 5.41) is 12.5. The number of nitro groups is 1. The van der Waals surface area contributed by atoms with Gasteiger partial charge in [0.15, 0.2) is 0 Å². The molecule has 185 valence electrons. The van der Waals surface area contributed by atoms with Gasteiger partial charge in [-0.2, -0.15) is 0 Å². The van der Waals surface area contributed by atoms with E-state index in [4.69, 9.17) is 9.79 Å². The number of amides is 2. The van der Waals surface area contributed by atoms with Crippen LogP contribution in [-0.4, -0.2) is 76.8 Å². The zero-order chi connectivity index (χ0) is 25.9. The first-order chi connectivity index (χ1) is 17.0. The predicted molar refractivity (Wildman–Crippen MR) is 135 cm³/mol. The van der Waals surface area contributed by atoms with Crippen molar-refractivity contribution in [1.82, 2.24) is 14.0 Å². The molecule has 2 amide bonds. The Bertz CT molecular complexity index is 1700. The maximum absolute atomic E-state index is 13.6. The van der Waals surface area contributed by atoms with Crippen LogP contribution in [0.4, 0.5) is 5.69 Å². The first-order valence-electron chi connectivity index (χ1n) is 10.6. The summed E-state index contributed by atoms with van der Waals surface area (Å²) in [7, 11) is -1.51. The Kier molecular flexibility index (Phi) is 7.04. The molecule has 0 fully saturated rings. The number of rotatable bonds is 6. The summed E-state index contributed by atoms with van der Waals surface area (Å²) in [6.07, 6.45) is 3.28. The van der Waals surface area contributed by atoms with Gasteiger partial charge in [-0.25, -0.2) is 9.46 Å². The molecule has 0 aliphatic carbocycles. The third-order valence-electron chi connectivity index (χ3n) is 6.14. The number of carbonyl (C=O) groups is 2. The summed E-state index contributed by atoms with van der Waals surface area (Å²) >= 11 is 0. The number of benzene rings is 2. The summed E-state index contributed by atoms with van der Waals surface area (Å²) in [6, 6.07) is 11.5. The normalized spacial score (nSPS) is 14.2. The molecule has 0 unspecified atom stereocenters. The van der Waals surface area contributed by atoms with Crippen molar-refractivity contribution < 1.29 is 33.4 Å². The number of hydrogen-bond acceptors (Lipinski definition) is 6. The molecule has 1 aliphatic rings. The Morgan fingerprint density at radius 3 is 2.03 bits per heavy atom. The maximum atomic E-state index is 13.6. The van der Waals surface area contributed by atoms with Gasteiger partial charge in [-0.05, 0) is 12.1 Å². The minimum Gasteiger partial charge on any atom is -0.350 e. The number of nitro benzene ring substituents is 1. The van der Waals surface area contributed by atoms with Crippen molar-refractivity contribution in [1.29, 1.82) is 0 Å². The van der Waals surface area contributed by atoms with Crippen LogP contribution in [-0.2, 0) is 32.8 Å². The molecule has 0 saturated carbocycles. The number of hydrogen-bond donors (Lipinski definition) is 2. The van der Waals surface area contributed by atoms with E-state index in [-0.39, 0.29) is 52.0 Å². The average Bonchev–Trinajstić information content (AvgIpc) is 3.41. The maximum Gasteiger partial charge on any atom is 0.471 e. The van der Waals surface area contributed by atoms with Crippen molar-refractivity contribution in [3.05, 3.63) is 76.1 Å². The van der Waals surface area contributed by atoms with Gasteiger partial charge in [0.2, 0.25) is 0 Å². The Balaban J connectivity index is 0.00000320. The third kappa shape index (κ3) is 4.57. The molecule has 2 aromatic heterocycles. The number of phosphoric ester groups is 1. The van der Waals surface area contributed by atoms with Crippen molar-refractivity contribution in [2.75, 3.05) is 6.73 Å². The predicted octanol–water partition coefficient (Wildman–Crippen LogP) is 2.54. The molecular formula is C23H19N4NaO8P. The van der Waals surface area contributed by atoms with Crippen LogP contribution < -0.4 is 0 Å². The summed E-state index contributed by atoms with van der Waals surface area (Å²) in [5.41, 5.74) is 1.85. The number of aromatic nitrogens is 2. The number of non-ortho nitro benzene ring substituents is 1. The Labute approximate surface area is 231 Å². The summed E-state index contributed by atoms with van der Waals surface area (Å²) < 4.78 is 19.2. The molecule has 1 aliphatic heterocycles. The van der Waals surface area contributed by atoms with E-state index >= 15 is 0 Å². The van der Waals surface area contributed by atoms with E-state index in [1.54, 1.807) is 53.8 Å². The second-order valence-electron chi connectivity index (χ2n) is 8.32. The van der Waals surface area contributed by atoms with Gasteiger partial charge >= 0.3 is 7.82 Å². The largest absolute Gasteiger partial charge is 0.471 e. The molecule has 4 aromatic rings. The van der Waals surface area contributed by atoms with Crippen molar-refractivity contribution in [2.45, 2.75) is 0 Å². The summed E-state index contributed by atoms with van der Waals surface area (Å²) in [4.78, 5) is 56.9. The molecule has 1 radical (unpaired) electrons. The van der Waals surface area contributed by atoms with E-state index in [2.05, 4.69) is 4.52 Å². The molecule has 14 heteroatoms. The van der Waals surface area contributed by atoms with E-state index in [1.807, 2.05) is 12.1 Å². The van der Waals surface area contributed by atoms with E-state index in [0.29, 0.717) is 26.8 Å². The smallest absolute Gasteiger partial charge is 0.350 e. The Hall–Kier alpha value is -3.09. The van der Waals surface area contributed by atoms with Crippen LogP contribution in [0, 0.1) is 10.1 Å². The molecular weight excluding hydrogens is 514 g/mol. The van der Waals surface area contributed by atoms with E-state index in [9.17, 15) is 24.3 Å². The number of carbonyl (C=O) groups excluding carboxylic acids is 2. The first kappa shape index (κ1) is 27.0. The van der Waals surface area contributed by atoms with Gasteiger partial charge in [-0.3, -0.25) is 24.2 Å². The van der Waals surface area contributed by atoms with Crippen LogP contribution in [0.3, 0.4) is 0 Å². The van der Waals surface area contributed by atoms with Gasteiger partial charge in [0.25, 0.3) is 17.5 Å². The van der Waals surface area contributed by atoms with Crippen molar-refractivity contribution in [3.63, 3.8) is 0 Å². The quantitative estimate of drug-likeness (QED) is 0.126. The van der Waals surface area contributed by atoms with Gasteiger partial charge in [0, 0.05) is 101 Å². The zero-order valence-corrected chi connectivity index (χ0v) is 22.9. The topological polar surface area (TPSA) is 157 Å². The first-order valence-corrected chi connectivity index (χ1v) is 12.1. The fourth-order valence-electron chi connectivity index (χ4n) is 4.56. The minimum absolute atomic E-state index is 0. The third-order valence-corrected chi connectivity index (χ3v) is 6.59.